The third kappa shape index (κ3) is 6.64. The summed E-state index contributed by atoms with van der Waals surface area (Å²) < 4.78 is 23.7. The van der Waals surface area contributed by atoms with Crippen LogP contribution in [0.2, 0.25) is 0 Å². The number of carboxylic acids is 1. The van der Waals surface area contributed by atoms with E-state index in [0.717, 1.165) is 45.4 Å². The molecule has 0 aromatic carbocycles. The molecule has 2 aliphatic heterocycles. The molecule has 0 aromatic heterocycles. The first kappa shape index (κ1) is 40.2. The topological polar surface area (TPSA) is 107 Å². The van der Waals surface area contributed by atoms with Gasteiger partial charge in [0, 0.05) is 38.1 Å². The number of hydrogen-bond acceptors (Lipinski definition) is 6. The van der Waals surface area contributed by atoms with Crippen molar-refractivity contribution in [1.29, 1.82) is 0 Å². The lowest BCUT2D eigenvalue weighted by Gasteiger charge is -2.73. The predicted octanol–water partition coefficient (Wildman–Crippen LogP) is 7.44. The maximum absolute atomic E-state index is 13.8. The van der Waals surface area contributed by atoms with Crippen molar-refractivity contribution in [2.75, 3.05) is 50.8 Å². The van der Waals surface area contributed by atoms with Crippen LogP contribution in [0.25, 0.3) is 0 Å². The summed E-state index contributed by atoms with van der Waals surface area (Å²) in [5.41, 5.74) is 1.22. The summed E-state index contributed by atoms with van der Waals surface area (Å²) in [7, 11) is -2.84. The van der Waals surface area contributed by atoms with Crippen LogP contribution in [0.15, 0.2) is 12.2 Å². The minimum Gasteiger partial charge on any atom is -0.481 e. The Morgan fingerprint density at radius 1 is 0.885 bits per heavy atom. The molecule has 4 saturated carbocycles. The van der Waals surface area contributed by atoms with Crippen LogP contribution >= 0.6 is 0 Å². The maximum Gasteiger partial charge on any atom is 0.309 e. The van der Waals surface area contributed by atoms with Crippen molar-refractivity contribution in [3.8, 4) is 0 Å². The summed E-state index contributed by atoms with van der Waals surface area (Å²) in [4.78, 5) is 30.0. The quantitative estimate of drug-likeness (QED) is 0.168. The van der Waals surface area contributed by atoms with Gasteiger partial charge in [-0.25, -0.2) is 8.42 Å². The van der Waals surface area contributed by atoms with Gasteiger partial charge >= 0.3 is 5.97 Å². The molecule has 9 atom stereocenters. The van der Waals surface area contributed by atoms with E-state index in [1.807, 2.05) is 0 Å². The first-order valence-electron chi connectivity index (χ1n) is 21.0. The molecule has 2 heterocycles. The zero-order chi connectivity index (χ0) is 38.1. The van der Waals surface area contributed by atoms with Crippen molar-refractivity contribution < 1.29 is 23.1 Å². The second-order valence-corrected chi connectivity index (χ2v) is 23.0. The van der Waals surface area contributed by atoms with E-state index in [9.17, 15) is 23.1 Å². The molecule has 0 spiro atoms. The Labute approximate surface area is 316 Å². The molecule has 2 N–H and O–H groups in total. The zero-order valence-electron chi connectivity index (χ0n) is 34.1. The van der Waals surface area contributed by atoms with E-state index < -0.39 is 21.2 Å². The Hall–Kier alpha value is -1.45. The number of sulfone groups is 1. The highest BCUT2D eigenvalue weighted by Crippen LogP contribution is 2.76. The standard InChI is InChI=1S/C43H73N3O5S/c1-30(2)31-13-18-43(29-44-22-10-23-45-25-27-52(50,51)28-26-45)20-19-41(8)32(36(31)43)11-12-34-40(7)21-24-46(35(47)15-16-38(3,4)37(48)49)39(5,6)33(40)14-17-42(34,41)9/h31-34,36,44H,1,10-29H2,2-9H3,(H,48,49)/t31-,32+,33-,34+,36+,40-,41+,42+,43+/m0/s1. The number of rotatable bonds is 11. The van der Waals surface area contributed by atoms with Crippen molar-refractivity contribution in [3.63, 3.8) is 0 Å². The van der Waals surface area contributed by atoms with E-state index in [-0.39, 0.29) is 27.7 Å². The van der Waals surface area contributed by atoms with Gasteiger partial charge in [-0.15, -0.1) is 0 Å². The summed E-state index contributed by atoms with van der Waals surface area (Å²) in [6.07, 6.45) is 12.8. The number of carboxylic acid groups (broad SMARTS) is 1. The SMILES string of the molecule is C=C(C)[C@@H]1CC[C@]2(CNCCCN3CCS(=O)(=O)CC3)CC[C@]3(C)[C@H](CC[C@@H]4[C@@]5(C)CCN(C(=O)CCC(C)(C)C(=O)O)C(C)(C)[C@@H]5CC[C@]43C)[C@@H]12. The predicted molar refractivity (Wildman–Crippen MR) is 210 cm³/mol. The number of nitrogens with zero attached hydrogens (tertiary/aromatic N) is 2. The van der Waals surface area contributed by atoms with Crippen molar-refractivity contribution in [2.24, 2.45) is 56.7 Å². The smallest absolute Gasteiger partial charge is 0.309 e. The minimum atomic E-state index is -2.84. The van der Waals surface area contributed by atoms with E-state index in [0.29, 0.717) is 72.4 Å². The second kappa shape index (κ2) is 13.9. The van der Waals surface area contributed by atoms with Gasteiger partial charge in [0.1, 0.15) is 0 Å². The van der Waals surface area contributed by atoms with Crippen LogP contribution in [0.5, 0.6) is 0 Å². The molecule has 296 valence electrons. The summed E-state index contributed by atoms with van der Waals surface area (Å²) in [5, 5.41) is 13.6. The van der Waals surface area contributed by atoms with Crippen LogP contribution in [0.1, 0.15) is 132 Å². The normalized spacial score (nSPS) is 41.3. The van der Waals surface area contributed by atoms with Gasteiger partial charge in [0.2, 0.25) is 5.91 Å². The Kier molecular flexibility index (Phi) is 10.8. The number of nitrogens with one attached hydrogen (secondary N) is 1. The second-order valence-electron chi connectivity index (χ2n) is 20.7. The van der Waals surface area contributed by atoms with Crippen molar-refractivity contribution in [2.45, 2.75) is 138 Å². The monoisotopic (exact) mass is 744 g/mol. The average Bonchev–Trinajstić information content (AvgIpc) is 3.44. The molecular formula is C43H73N3O5S. The molecule has 6 rings (SSSR count). The minimum absolute atomic E-state index is 0.122. The van der Waals surface area contributed by atoms with E-state index >= 15 is 0 Å². The molecule has 0 aromatic rings. The van der Waals surface area contributed by atoms with Crippen LogP contribution in [-0.2, 0) is 19.4 Å². The van der Waals surface area contributed by atoms with E-state index in [1.165, 1.54) is 50.5 Å². The van der Waals surface area contributed by atoms with Crippen LogP contribution in [0, 0.1) is 56.7 Å². The summed E-state index contributed by atoms with van der Waals surface area (Å²) in [6.45, 7) is 28.1. The molecule has 6 aliphatic rings. The third-order valence-corrected chi connectivity index (χ3v) is 19.1. The maximum atomic E-state index is 13.8. The van der Waals surface area contributed by atoms with Crippen LogP contribution in [-0.4, -0.2) is 91.5 Å². The zero-order valence-corrected chi connectivity index (χ0v) is 34.9. The summed E-state index contributed by atoms with van der Waals surface area (Å²) >= 11 is 0. The largest absolute Gasteiger partial charge is 0.481 e. The first-order chi connectivity index (χ1) is 24.1. The van der Waals surface area contributed by atoms with Crippen LogP contribution in [0.3, 0.4) is 0 Å². The van der Waals surface area contributed by atoms with Gasteiger partial charge in [-0.1, -0.05) is 32.9 Å². The molecule has 4 aliphatic carbocycles. The van der Waals surface area contributed by atoms with Gasteiger partial charge in [0.05, 0.1) is 16.9 Å². The summed E-state index contributed by atoms with van der Waals surface area (Å²) in [6, 6.07) is 0. The number of carbonyl (C=O) groups excluding carboxylic acids is 1. The number of likely N-dealkylation sites (tertiary alicyclic amines) is 1. The lowest BCUT2D eigenvalue weighted by atomic mass is 9.33. The molecular weight excluding hydrogens is 671 g/mol. The Morgan fingerprint density at radius 3 is 2.23 bits per heavy atom. The highest BCUT2D eigenvalue weighted by molar-refractivity contribution is 7.91. The molecule has 9 heteroatoms. The number of hydrogen-bond donors (Lipinski definition) is 2. The molecule has 0 bridgehead atoms. The fourth-order valence-electron chi connectivity index (χ4n) is 14.1. The van der Waals surface area contributed by atoms with Gasteiger partial charge in [0.15, 0.2) is 9.84 Å². The molecule has 1 amide bonds. The molecule has 0 radical (unpaired) electrons. The molecule has 2 saturated heterocycles. The van der Waals surface area contributed by atoms with E-state index in [2.05, 4.69) is 63.2 Å². The number of allylic oxidation sites excluding steroid dienone is 1. The highest BCUT2D eigenvalue weighted by atomic mass is 32.2. The van der Waals surface area contributed by atoms with Gasteiger partial charge < -0.3 is 20.2 Å². The number of amides is 1. The van der Waals surface area contributed by atoms with Gasteiger partial charge in [-0.05, 0) is 170 Å². The lowest BCUT2D eigenvalue weighted by Crippen LogP contribution is -2.70. The number of carbonyl (C=O) groups is 2. The van der Waals surface area contributed by atoms with E-state index in [1.54, 1.807) is 13.8 Å². The average molecular weight is 744 g/mol. The molecule has 0 unspecified atom stereocenters. The molecule has 8 nitrogen and oxygen atoms in total. The Bertz CT molecular complexity index is 1500. The Balaban J connectivity index is 1.16. The van der Waals surface area contributed by atoms with Crippen LogP contribution < -0.4 is 5.32 Å². The number of aliphatic carboxylic acids is 1. The molecule has 6 fully saturated rings. The molecule has 52 heavy (non-hydrogen) atoms. The van der Waals surface area contributed by atoms with Gasteiger partial charge in [-0.3, -0.25) is 9.59 Å². The van der Waals surface area contributed by atoms with Crippen molar-refractivity contribution >= 4 is 21.7 Å². The number of fused-ring (bicyclic) bond motifs is 7. The third-order valence-electron chi connectivity index (χ3n) is 17.5. The Morgan fingerprint density at radius 2 is 1.58 bits per heavy atom. The van der Waals surface area contributed by atoms with Crippen molar-refractivity contribution in [1.82, 2.24) is 15.1 Å². The van der Waals surface area contributed by atoms with Gasteiger partial charge in [-0.2, -0.15) is 0 Å². The fourth-order valence-corrected chi connectivity index (χ4v) is 15.4. The van der Waals surface area contributed by atoms with Gasteiger partial charge in [0.25, 0.3) is 0 Å². The highest BCUT2D eigenvalue weighted by Gasteiger charge is 2.71. The first-order valence-corrected chi connectivity index (χ1v) is 22.8. The van der Waals surface area contributed by atoms with Crippen LogP contribution in [0.4, 0.5) is 0 Å². The summed E-state index contributed by atoms with van der Waals surface area (Å²) in [5.74, 6) is 2.90. The lowest BCUT2D eigenvalue weighted by molar-refractivity contribution is -0.240. The number of piperidine rings is 1. The van der Waals surface area contributed by atoms with Crippen molar-refractivity contribution in [3.05, 3.63) is 12.2 Å². The van der Waals surface area contributed by atoms with E-state index in [4.69, 9.17) is 0 Å². The fraction of sp³-hybridized carbons (Fsp3) is 0.907.